The Bertz CT molecular complexity index is 616. The second-order valence-corrected chi connectivity index (χ2v) is 6.42. The van der Waals surface area contributed by atoms with E-state index in [1.807, 2.05) is 19.0 Å². The van der Waals surface area contributed by atoms with Crippen molar-refractivity contribution in [1.29, 1.82) is 0 Å². The fourth-order valence-corrected chi connectivity index (χ4v) is 3.50. The Balaban J connectivity index is 2.32. The fraction of sp³-hybridized carbons (Fsp3) is 0.182. The van der Waals surface area contributed by atoms with Gasteiger partial charge in [0, 0.05) is 19.0 Å². The summed E-state index contributed by atoms with van der Waals surface area (Å²) in [6.45, 7) is 0. The molecule has 5 nitrogen and oxygen atoms in total. The van der Waals surface area contributed by atoms with Crippen LogP contribution in [0.1, 0.15) is 10.4 Å². The summed E-state index contributed by atoms with van der Waals surface area (Å²) in [5.74, 6) is -1.05. The molecule has 1 aromatic carbocycles. The number of aromatic carboxylic acids is 1. The van der Waals surface area contributed by atoms with Gasteiger partial charge in [-0.1, -0.05) is 40.8 Å². The smallest absolute Gasteiger partial charge is 0.338 e. The Morgan fingerprint density at radius 2 is 2.16 bits per heavy atom. The zero-order valence-electron chi connectivity index (χ0n) is 10.1. The molecule has 0 aliphatic carbocycles. The highest BCUT2D eigenvalue weighted by molar-refractivity contribution is 8.01. The second-order valence-electron chi connectivity index (χ2n) is 3.77. The number of halogens is 1. The van der Waals surface area contributed by atoms with E-state index in [1.54, 1.807) is 18.2 Å². The molecule has 1 N–H and O–H groups in total. The SMILES string of the molecule is CN(C)c1nnc(Sc2cccc(Cl)c2C(=O)O)s1. The van der Waals surface area contributed by atoms with Gasteiger partial charge in [-0.3, -0.25) is 0 Å². The lowest BCUT2D eigenvalue weighted by Gasteiger charge is -2.05. The lowest BCUT2D eigenvalue weighted by molar-refractivity contribution is 0.0693. The molecule has 0 atom stereocenters. The van der Waals surface area contributed by atoms with Crippen LogP contribution in [0.3, 0.4) is 0 Å². The highest BCUT2D eigenvalue weighted by atomic mass is 35.5. The lowest BCUT2D eigenvalue weighted by Crippen LogP contribution is -2.07. The van der Waals surface area contributed by atoms with Crippen molar-refractivity contribution < 1.29 is 9.90 Å². The molecule has 2 aromatic rings. The molecular formula is C11H10ClN3O2S2. The van der Waals surface area contributed by atoms with Gasteiger partial charge in [0.1, 0.15) is 0 Å². The number of aromatic nitrogens is 2. The van der Waals surface area contributed by atoms with Gasteiger partial charge in [-0.05, 0) is 12.1 Å². The number of benzene rings is 1. The normalized spacial score (nSPS) is 10.5. The van der Waals surface area contributed by atoms with Gasteiger partial charge in [0.15, 0.2) is 4.34 Å². The predicted octanol–water partition coefficient (Wildman–Crippen LogP) is 3.11. The highest BCUT2D eigenvalue weighted by Gasteiger charge is 2.17. The van der Waals surface area contributed by atoms with Crippen LogP contribution in [0.4, 0.5) is 5.13 Å². The van der Waals surface area contributed by atoms with Crippen molar-refractivity contribution in [3.63, 3.8) is 0 Å². The molecule has 0 bridgehead atoms. The van der Waals surface area contributed by atoms with Gasteiger partial charge < -0.3 is 10.0 Å². The van der Waals surface area contributed by atoms with Crippen molar-refractivity contribution in [2.75, 3.05) is 19.0 Å². The van der Waals surface area contributed by atoms with Gasteiger partial charge in [0.05, 0.1) is 10.6 Å². The maximum atomic E-state index is 11.2. The third-order valence-electron chi connectivity index (χ3n) is 2.16. The molecule has 0 fully saturated rings. The molecule has 0 spiro atoms. The van der Waals surface area contributed by atoms with E-state index < -0.39 is 5.97 Å². The summed E-state index contributed by atoms with van der Waals surface area (Å²) in [7, 11) is 3.74. The number of rotatable bonds is 4. The summed E-state index contributed by atoms with van der Waals surface area (Å²) >= 11 is 8.55. The Labute approximate surface area is 123 Å². The number of carboxylic acids is 1. The Morgan fingerprint density at radius 1 is 1.42 bits per heavy atom. The minimum Gasteiger partial charge on any atom is -0.478 e. The van der Waals surface area contributed by atoms with E-state index in [9.17, 15) is 9.90 Å². The van der Waals surface area contributed by atoms with E-state index in [2.05, 4.69) is 10.2 Å². The zero-order valence-corrected chi connectivity index (χ0v) is 12.5. The molecule has 19 heavy (non-hydrogen) atoms. The van der Waals surface area contributed by atoms with Crippen LogP contribution in [0.5, 0.6) is 0 Å². The molecule has 0 radical (unpaired) electrons. The van der Waals surface area contributed by atoms with E-state index in [0.717, 1.165) is 5.13 Å². The summed E-state index contributed by atoms with van der Waals surface area (Å²) in [6, 6.07) is 4.97. The van der Waals surface area contributed by atoms with Crippen molar-refractivity contribution in [2.24, 2.45) is 0 Å². The zero-order chi connectivity index (χ0) is 14.0. The summed E-state index contributed by atoms with van der Waals surface area (Å²) in [5.41, 5.74) is 0.0933. The quantitative estimate of drug-likeness (QED) is 0.935. The molecular weight excluding hydrogens is 306 g/mol. The molecule has 0 saturated heterocycles. The molecule has 8 heteroatoms. The third kappa shape index (κ3) is 3.17. The van der Waals surface area contributed by atoms with E-state index in [-0.39, 0.29) is 10.6 Å². The van der Waals surface area contributed by atoms with Gasteiger partial charge in [-0.2, -0.15) is 0 Å². The van der Waals surface area contributed by atoms with Gasteiger partial charge in [0.25, 0.3) is 0 Å². The van der Waals surface area contributed by atoms with E-state index >= 15 is 0 Å². The maximum absolute atomic E-state index is 11.2. The van der Waals surface area contributed by atoms with Crippen molar-refractivity contribution in [1.82, 2.24) is 10.2 Å². The fourth-order valence-electron chi connectivity index (χ4n) is 1.32. The minimum atomic E-state index is -1.05. The highest BCUT2D eigenvalue weighted by Crippen LogP contribution is 2.36. The van der Waals surface area contributed by atoms with E-state index in [0.29, 0.717) is 9.24 Å². The summed E-state index contributed by atoms with van der Waals surface area (Å²) in [6.07, 6.45) is 0. The number of nitrogens with zero attached hydrogens (tertiary/aromatic N) is 3. The number of carbonyl (C=O) groups is 1. The number of anilines is 1. The molecule has 1 heterocycles. The van der Waals surface area contributed by atoms with Crippen LogP contribution in [0, 0.1) is 0 Å². The minimum absolute atomic E-state index is 0.0933. The molecule has 2 rings (SSSR count). The summed E-state index contributed by atoms with van der Waals surface area (Å²) in [5, 5.41) is 18.2. The molecule has 100 valence electrons. The average molecular weight is 316 g/mol. The first-order chi connectivity index (χ1) is 8.99. The van der Waals surface area contributed by atoms with Crippen LogP contribution < -0.4 is 4.90 Å². The number of carboxylic acid groups (broad SMARTS) is 1. The monoisotopic (exact) mass is 315 g/mol. The molecule has 0 amide bonds. The first-order valence-corrected chi connectivity index (χ1v) is 7.20. The Kier molecular flexibility index (Phi) is 4.28. The van der Waals surface area contributed by atoms with Gasteiger partial charge in [0.2, 0.25) is 5.13 Å². The van der Waals surface area contributed by atoms with Crippen LogP contribution in [0.2, 0.25) is 5.02 Å². The van der Waals surface area contributed by atoms with Crippen molar-refractivity contribution in [3.8, 4) is 0 Å². The topological polar surface area (TPSA) is 66.3 Å². The van der Waals surface area contributed by atoms with Crippen molar-refractivity contribution >= 4 is 45.8 Å². The standard InChI is InChI=1S/C11H10ClN3O2S2/c1-15(2)10-13-14-11(19-10)18-7-5-3-4-6(12)8(7)9(16)17/h3-5H,1-2H3,(H,16,17). The van der Waals surface area contributed by atoms with Crippen LogP contribution in [0.15, 0.2) is 27.4 Å². The van der Waals surface area contributed by atoms with Gasteiger partial charge in [-0.15, -0.1) is 10.2 Å². The molecule has 0 aliphatic rings. The van der Waals surface area contributed by atoms with Crippen LogP contribution in [-0.4, -0.2) is 35.4 Å². The molecule has 1 aromatic heterocycles. The van der Waals surface area contributed by atoms with Gasteiger partial charge in [-0.25, -0.2) is 4.79 Å². The third-order valence-corrected chi connectivity index (χ3v) is 4.68. The second kappa shape index (κ2) is 5.77. The molecule has 0 unspecified atom stereocenters. The summed E-state index contributed by atoms with van der Waals surface area (Å²) in [4.78, 5) is 13.6. The predicted molar refractivity (Wildman–Crippen MR) is 76.8 cm³/mol. The maximum Gasteiger partial charge on any atom is 0.338 e. The van der Waals surface area contributed by atoms with Crippen molar-refractivity contribution in [3.05, 3.63) is 28.8 Å². The van der Waals surface area contributed by atoms with Crippen LogP contribution >= 0.6 is 34.7 Å². The van der Waals surface area contributed by atoms with Crippen LogP contribution in [0.25, 0.3) is 0 Å². The van der Waals surface area contributed by atoms with E-state index in [4.69, 9.17) is 11.6 Å². The molecule has 0 saturated carbocycles. The molecule has 0 aliphatic heterocycles. The number of hydrogen-bond donors (Lipinski definition) is 1. The average Bonchev–Trinajstić information content (AvgIpc) is 2.77. The number of hydrogen-bond acceptors (Lipinski definition) is 6. The Hall–Kier alpha value is -1.31. The van der Waals surface area contributed by atoms with Crippen molar-refractivity contribution in [2.45, 2.75) is 9.24 Å². The van der Waals surface area contributed by atoms with E-state index in [1.165, 1.54) is 23.1 Å². The first kappa shape index (κ1) is 14.1. The van der Waals surface area contributed by atoms with Gasteiger partial charge >= 0.3 is 5.97 Å². The summed E-state index contributed by atoms with van der Waals surface area (Å²) < 4.78 is 0.675. The Morgan fingerprint density at radius 3 is 2.74 bits per heavy atom. The van der Waals surface area contributed by atoms with Crippen LogP contribution in [-0.2, 0) is 0 Å². The lowest BCUT2D eigenvalue weighted by atomic mass is 10.2. The largest absolute Gasteiger partial charge is 0.478 e. The first-order valence-electron chi connectivity index (χ1n) is 5.19.